The predicted octanol–water partition coefficient (Wildman–Crippen LogP) is 2.33. The molecule has 0 atom stereocenters. The maximum Gasteiger partial charge on any atom is 0.159 e. The summed E-state index contributed by atoms with van der Waals surface area (Å²) in [5.41, 5.74) is 4.31. The van der Waals surface area contributed by atoms with Gasteiger partial charge in [0.15, 0.2) is 5.82 Å². The second-order valence-electron chi connectivity index (χ2n) is 3.69. The summed E-state index contributed by atoms with van der Waals surface area (Å²) in [6.45, 7) is 0. The molecule has 6 nitrogen and oxygen atoms in total. The van der Waals surface area contributed by atoms with Gasteiger partial charge in [-0.1, -0.05) is 12.1 Å². The zero-order chi connectivity index (χ0) is 13.7. The molecule has 4 N–H and O–H groups in total. The van der Waals surface area contributed by atoms with E-state index in [1.54, 1.807) is 0 Å². The molecular weight excluding hydrogens is 308 g/mol. The molecule has 0 saturated heterocycles. The Kier molecular flexibility index (Phi) is 4.28. The number of hydrazine groups is 1. The Labute approximate surface area is 118 Å². The molecule has 0 radical (unpaired) electrons. The molecule has 2 aromatic rings. The van der Waals surface area contributed by atoms with Gasteiger partial charge in [-0.15, -0.1) is 0 Å². The Morgan fingerprint density at radius 2 is 1.89 bits per heavy atom. The fourth-order valence-corrected chi connectivity index (χ4v) is 1.91. The van der Waals surface area contributed by atoms with E-state index in [1.807, 2.05) is 24.3 Å². The second-order valence-corrected chi connectivity index (χ2v) is 4.48. The molecular formula is C12H11BrN6. The van der Waals surface area contributed by atoms with Crippen LogP contribution in [0.25, 0.3) is 0 Å². The molecule has 0 aliphatic rings. The summed E-state index contributed by atoms with van der Waals surface area (Å²) in [6.07, 6.45) is 1.81. The van der Waals surface area contributed by atoms with Crippen molar-refractivity contribution in [2.45, 2.75) is 6.42 Å². The summed E-state index contributed by atoms with van der Waals surface area (Å²) in [5, 5.41) is 11.8. The molecule has 0 aliphatic heterocycles. The summed E-state index contributed by atoms with van der Waals surface area (Å²) in [5.74, 6) is 6.44. The highest BCUT2D eigenvalue weighted by molar-refractivity contribution is 9.10. The molecule has 1 heterocycles. The third-order valence-corrected chi connectivity index (χ3v) is 3.18. The van der Waals surface area contributed by atoms with Crippen LogP contribution in [0.15, 0.2) is 35.1 Å². The van der Waals surface area contributed by atoms with E-state index in [0.29, 0.717) is 22.5 Å². The number of anilines is 3. The van der Waals surface area contributed by atoms with Crippen molar-refractivity contribution in [3.63, 3.8) is 0 Å². The van der Waals surface area contributed by atoms with E-state index < -0.39 is 0 Å². The lowest BCUT2D eigenvalue weighted by Crippen LogP contribution is -2.10. The van der Waals surface area contributed by atoms with Gasteiger partial charge in [0, 0.05) is 5.69 Å². The molecule has 0 amide bonds. The van der Waals surface area contributed by atoms with Crippen LogP contribution in [0.5, 0.6) is 0 Å². The SMILES string of the molecule is N#CCc1ccc(Nc2ncnc(NN)c2Br)cc1. The van der Waals surface area contributed by atoms with Gasteiger partial charge in [-0.3, -0.25) is 0 Å². The van der Waals surface area contributed by atoms with Gasteiger partial charge in [0.1, 0.15) is 16.6 Å². The number of benzene rings is 1. The molecule has 0 fully saturated rings. The number of halogens is 1. The second kappa shape index (κ2) is 6.13. The number of aromatic nitrogens is 2. The van der Waals surface area contributed by atoms with Crippen molar-refractivity contribution in [1.29, 1.82) is 5.26 Å². The van der Waals surface area contributed by atoms with Crippen LogP contribution in [0, 0.1) is 11.3 Å². The van der Waals surface area contributed by atoms with Crippen LogP contribution in [0.1, 0.15) is 5.56 Å². The number of rotatable bonds is 4. The van der Waals surface area contributed by atoms with E-state index in [4.69, 9.17) is 11.1 Å². The van der Waals surface area contributed by atoms with Crippen molar-refractivity contribution < 1.29 is 0 Å². The minimum Gasteiger partial charge on any atom is -0.339 e. The topological polar surface area (TPSA) is 99.6 Å². The van der Waals surface area contributed by atoms with Gasteiger partial charge in [-0.2, -0.15) is 5.26 Å². The van der Waals surface area contributed by atoms with Crippen LogP contribution in [-0.2, 0) is 6.42 Å². The first-order chi connectivity index (χ1) is 9.24. The zero-order valence-corrected chi connectivity index (χ0v) is 11.5. The third-order valence-electron chi connectivity index (χ3n) is 2.43. The van der Waals surface area contributed by atoms with Gasteiger partial charge in [-0.25, -0.2) is 15.8 Å². The van der Waals surface area contributed by atoms with Gasteiger partial charge in [-0.05, 0) is 33.6 Å². The first-order valence-corrected chi connectivity index (χ1v) is 6.24. The largest absolute Gasteiger partial charge is 0.339 e. The Hall–Kier alpha value is -2.17. The van der Waals surface area contributed by atoms with Crippen molar-refractivity contribution in [1.82, 2.24) is 9.97 Å². The summed E-state index contributed by atoms with van der Waals surface area (Å²) in [6, 6.07) is 9.66. The standard InChI is InChI=1S/C12H11BrN6/c13-10-11(16-7-17-12(10)19-15)18-9-3-1-8(2-4-9)5-6-14/h1-4,7H,5,15H2,(H2,16,17,18,19). The normalized spacial score (nSPS) is 9.74. The van der Waals surface area contributed by atoms with Gasteiger partial charge in [0.05, 0.1) is 12.5 Å². The number of nitrogens with two attached hydrogens (primary N) is 1. The summed E-state index contributed by atoms with van der Waals surface area (Å²) in [4.78, 5) is 8.09. The molecule has 96 valence electrons. The highest BCUT2D eigenvalue weighted by Crippen LogP contribution is 2.28. The smallest absolute Gasteiger partial charge is 0.159 e. The number of hydrogen-bond donors (Lipinski definition) is 3. The van der Waals surface area contributed by atoms with Crippen LogP contribution < -0.4 is 16.6 Å². The van der Waals surface area contributed by atoms with Gasteiger partial charge >= 0.3 is 0 Å². The summed E-state index contributed by atoms with van der Waals surface area (Å²) >= 11 is 3.37. The first kappa shape index (κ1) is 13.3. The Morgan fingerprint density at radius 3 is 2.53 bits per heavy atom. The minimum absolute atomic E-state index is 0.402. The number of nitrogens with zero attached hydrogens (tertiary/aromatic N) is 3. The maximum absolute atomic E-state index is 8.61. The van der Waals surface area contributed by atoms with Crippen molar-refractivity contribution in [2.75, 3.05) is 10.7 Å². The molecule has 2 rings (SSSR count). The quantitative estimate of drug-likeness (QED) is 0.591. The molecule has 7 heteroatoms. The lowest BCUT2D eigenvalue weighted by molar-refractivity contribution is 1.12. The van der Waals surface area contributed by atoms with Crippen molar-refractivity contribution >= 4 is 33.3 Å². The van der Waals surface area contributed by atoms with E-state index in [9.17, 15) is 0 Å². The fourth-order valence-electron chi connectivity index (χ4n) is 1.49. The van der Waals surface area contributed by atoms with Crippen LogP contribution in [0.2, 0.25) is 0 Å². The van der Waals surface area contributed by atoms with Crippen molar-refractivity contribution in [2.24, 2.45) is 5.84 Å². The van der Waals surface area contributed by atoms with E-state index >= 15 is 0 Å². The third kappa shape index (κ3) is 3.19. The molecule has 0 unspecified atom stereocenters. The Balaban J connectivity index is 2.19. The molecule has 0 spiro atoms. The Morgan fingerprint density at radius 1 is 1.21 bits per heavy atom. The number of nitrogen functional groups attached to an aromatic ring is 1. The average Bonchev–Trinajstić information content (AvgIpc) is 2.43. The molecule has 0 aliphatic carbocycles. The number of hydrogen-bond acceptors (Lipinski definition) is 6. The van der Waals surface area contributed by atoms with Crippen LogP contribution in [-0.4, -0.2) is 9.97 Å². The Bertz CT molecular complexity index is 605. The lowest BCUT2D eigenvalue weighted by atomic mass is 10.1. The van der Waals surface area contributed by atoms with E-state index in [1.165, 1.54) is 6.33 Å². The number of nitriles is 1. The van der Waals surface area contributed by atoms with Gasteiger partial charge in [0.25, 0.3) is 0 Å². The van der Waals surface area contributed by atoms with Crippen molar-refractivity contribution in [3.05, 3.63) is 40.6 Å². The fraction of sp³-hybridized carbons (Fsp3) is 0.0833. The zero-order valence-electron chi connectivity index (χ0n) is 9.89. The van der Waals surface area contributed by atoms with E-state index in [-0.39, 0.29) is 0 Å². The molecule has 1 aromatic carbocycles. The van der Waals surface area contributed by atoms with E-state index in [2.05, 4.69) is 42.7 Å². The average molecular weight is 319 g/mol. The first-order valence-electron chi connectivity index (χ1n) is 5.44. The van der Waals surface area contributed by atoms with Gasteiger partial charge < -0.3 is 10.7 Å². The van der Waals surface area contributed by atoms with Gasteiger partial charge in [0.2, 0.25) is 0 Å². The van der Waals surface area contributed by atoms with Crippen molar-refractivity contribution in [3.8, 4) is 6.07 Å². The van der Waals surface area contributed by atoms with E-state index in [0.717, 1.165) is 11.3 Å². The van der Waals surface area contributed by atoms with Crippen LogP contribution in [0.4, 0.5) is 17.3 Å². The monoisotopic (exact) mass is 318 g/mol. The number of nitrogens with one attached hydrogen (secondary N) is 2. The molecule has 0 bridgehead atoms. The minimum atomic E-state index is 0.402. The predicted molar refractivity (Wildman–Crippen MR) is 76.6 cm³/mol. The molecule has 1 aromatic heterocycles. The lowest BCUT2D eigenvalue weighted by Gasteiger charge is -2.09. The molecule has 19 heavy (non-hydrogen) atoms. The highest BCUT2D eigenvalue weighted by atomic mass is 79.9. The van der Waals surface area contributed by atoms with Crippen LogP contribution >= 0.6 is 15.9 Å². The highest BCUT2D eigenvalue weighted by Gasteiger charge is 2.07. The maximum atomic E-state index is 8.61. The summed E-state index contributed by atoms with van der Waals surface area (Å²) in [7, 11) is 0. The summed E-state index contributed by atoms with van der Waals surface area (Å²) < 4.78 is 0.651. The van der Waals surface area contributed by atoms with Crippen LogP contribution in [0.3, 0.4) is 0 Å². The molecule has 0 saturated carbocycles.